The van der Waals surface area contributed by atoms with Crippen LogP contribution in [0.4, 0.5) is 0 Å². The molecule has 0 N–H and O–H groups in total. The van der Waals surface area contributed by atoms with Crippen LogP contribution in [-0.2, 0) is 4.79 Å². The fraction of sp³-hybridized carbons (Fsp3) is 0.600. The van der Waals surface area contributed by atoms with E-state index in [1.54, 1.807) is 6.20 Å². The van der Waals surface area contributed by atoms with Crippen molar-refractivity contribution in [3.05, 3.63) is 30.1 Å². The molecule has 3 heteroatoms. The molecule has 0 saturated carbocycles. The maximum atomic E-state index is 12.2. The zero-order valence-electron chi connectivity index (χ0n) is 11.7. The molecule has 1 aromatic rings. The smallest absolute Gasteiger partial charge is 0.223 e. The van der Waals surface area contributed by atoms with Gasteiger partial charge in [-0.05, 0) is 30.4 Å². The standard InChI is InChI=1S/C15H24N2O/c1-4-9-17(10-5-2)15(18)11-13(3)14-7-6-8-16-12-14/h6-8,12-13H,4-5,9-11H2,1-3H3. The monoisotopic (exact) mass is 248 g/mol. The summed E-state index contributed by atoms with van der Waals surface area (Å²) in [6.07, 6.45) is 6.23. The van der Waals surface area contributed by atoms with Crippen molar-refractivity contribution in [3.63, 3.8) is 0 Å². The molecule has 0 radical (unpaired) electrons. The Morgan fingerprint density at radius 3 is 2.50 bits per heavy atom. The Bertz CT molecular complexity index is 345. The first-order chi connectivity index (χ1) is 8.69. The minimum Gasteiger partial charge on any atom is -0.343 e. The van der Waals surface area contributed by atoms with E-state index in [9.17, 15) is 4.79 Å². The first-order valence-electron chi connectivity index (χ1n) is 6.86. The first kappa shape index (κ1) is 14.7. The van der Waals surface area contributed by atoms with Crippen LogP contribution in [0.15, 0.2) is 24.5 Å². The molecule has 0 aromatic carbocycles. The highest BCUT2D eigenvalue weighted by molar-refractivity contribution is 5.77. The highest BCUT2D eigenvalue weighted by atomic mass is 16.2. The van der Waals surface area contributed by atoms with Crippen molar-refractivity contribution in [3.8, 4) is 0 Å². The lowest BCUT2D eigenvalue weighted by Gasteiger charge is -2.23. The summed E-state index contributed by atoms with van der Waals surface area (Å²) in [6.45, 7) is 8.05. The molecule has 1 amide bonds. The third-order valence-electron chi connectivity index (χ3n) is 3.07. The summed E-state index contributed by atoms with van der Waals surface area (Å²) in [7, 11) is 0. The molecule has 0 fully saturated rings. The molecule has 1 aromatic heterocycles. The van der Waals surface area contributed by atoms with Gasteiger partial charge in [0.2, 0.25) is 5.91 Å². The van der Waals surface area contributed by atoms with Gasteiger partial charge in [-0.15, -0.1) is 0 Å². The van der Waals surface area contributed by atoms with Crippen molar-refractivity contribution in [2.24, 2.45) is 0 Å². The summed E-state index contributed by atoms with van der Waals surface area (Å²) in [5.74, 6) is 0.498. The predicted molar refractivity (Wildman–Crippen MR) is 74.4 cm³/mol. The van der Waals surface area contributed by atoms with Gasteiger partial charge in [0.15, 0.2) is 0 Å². The summed E-state index contributed by atoms with van der Waals surface area (Å²) < 4.78 is 0. The molecule has 1 atom stereocenters. The van der Waals surface area contributed by atoms with Crippen molar-refractivity contribution in [1.29, 1.82) is 0 Å². The van der Waals surface area contributed by atoms with Crippen LogP contribution in [0.5, 0.6) is 0 Å². The van der Waals surface area contributed by atoms with Crippen LogP contribution < -0.4 is 0 Å². The summed E-state index contributed by atoms with van der Waals surface area (Å²) in [5.41, 5.74) is 1.14. The minimum absolute atomic E-state index is 0.238. The number of hydrogen-bond donors (Lipinski definition) is 0. The average molecular weight is 248 g/mol. The van der Waals surface area contributed by atoms with Crippen LogP contribution in [0.25, 0.3) is 0 Å². The maximum absolute atomic E-state index is 12.2. The van der Waals surface area contributed by atoms with Gasteiger partial charge in [-0.1, -0.05) is 26.8 Å². The Hall–Kier alpha value is -1.38. The van der Waals surface area contributed by atoms with E-state index in [1.165, 1.54) is 0 Å². The molecular weight excluding hydrogens is 224 g/mol. The van der Waals surface area contributed by atoms with E-state index in [4.69, 9.17) is 0 Å². The number of carbonyl (C=O) groups excluding carboxylic acids is 1. The summed E-state index contributed by atoms with van der Waals surface area (Å²) in [6, 6.07) is 3.96. The van der Waals surface area contributed by atoms with Gasteiger partial charge in [0.1, 0.15) is 0 Å². The average Bonchev–Trinajstić information content (AvgIpc) is 2.39. The van der Waals surface area contributed by atoms with Gasteiger partial charge in [-0.3, -0.25) is 9.78 Å². The Balaban J connectivity index is 2.57. The normalized spacial score (nSPS) is 12.2. The van der Waals surface area contributed by atoms with Crippen LogP contribution >= 0.6 is 0 Å². The summed E-state index contributed by atoms with van der Waals surface area (Å²) >= 11 is 0. The SMILES string of the molecule is CCCN(CCC)C(=O)CC(C)c1cccnc1. The molecule has 0 saturated heterocycles. The number of hydrogen-bond acceptors (Lipinski definition) is 2. The van der Waals surface area contributed by atoms with Crippen LogP contribution in [0.1, 0.15) is 51.5 Å². The van der Waals surface area contributed by atoms with Crippen molar-refractivity contribution < 1.29 is 4.79 Å². The van der Waals surface area contributed by atoms with E-state index in [2.05, 4.69) is 25.8 Å². The number of aromatic nitrogens is 1. The van der Waals surface area contributed by atoms with Crippen molar-refractivity contribution in [1.82, 2.24) is 9.88 Å². The van der Waals surface area contributed by atoms with Crippen molar-refractivity contribution >= 4 is 5.91 Å². The molecular formula is C15H24N2O. The van der Waals surface area contributed by atoms with Gasteiger partial charge in [0.25, 0.3) is 0 Å². The Morgan fingerprint density at radius 2 is 2.00 bits per heavy atom. The fourth-order valence-electron chi connectivity index (χ4n) is 2.08. The largest absolute Gasteiger partial charge is 0.343 e. The number of pyridine rings is 1. The third kappa shape index (κ3) is 4.47. The van der Waals surface area contributed by atoms with Gasteiger partial charge in [0.05, 0.1) is 0 Å². The molecule has 1 heterocycles. The molecule has 100 valence electrons. The number of carbonyl (C=O) groups is 1. The maximum Gasteiger partial charge on any atom is 0.223 e. The highest BCUT2D eigenvalue weighted by Crippen LogP contribution is 2.18. The highest BCUT2D eigenvalue weighted by Gasteiger charge is 2.16. The van der Waals surface area contributed by atoms with E-state index < -0.39 is 0 Å². The molecule has 1 unspecified atom stereocenters. The zero-order valence-corrected chi connectivity index (χ0v) is 11.7. The van der Waals surface area contributed by atoms with Crippen molar-refractivity contribution in [2.45, 2.75) is 46.0 Å². The fourth-order valence-corrected chi connectivity index (χ4v) is 2.08. The Morgan fingerprint density at radius 1 is 1.33 bits per heavy atom. The van der Waals surface area contributed by atoms with E-state index in [1.807, 2.05) is 23.2 Å². The number of nitrogens with zero attached hydrogens (tertiary/aromatic N) is 2. The van der Waals surface area contributed by atoms with Crippen LogP contribution in [0.3, 0.4) is 0 Å². The van der Waals surface area contributed by atoms with E-state index in [-0.39, 0.29) is 11.8 Å². The van der Waals surface area contributed by atoms with Crippen LogP contribution in [-0.4, -0.2) is 28.9 Å². The Labute approximate surface area is 110 Å². The molecule has 0 aliphatic rings. The minimum atomic E-state index is 0.238. The lowest BCUT2D eigenvalue weighted by Crippen LogP contribution is -2.33. The van der Waals surface area contributed by atoms with E-state index in [0.717, 1.165) is 31.5 Å². The quantitative estimate of drug-likeness (QED) is 0.742. The molecule has 0 spiro atoms. The molecule has 0 aliphatic heterocycles. The topological polar surface area (TPSA) is 33.2 Å². The number of rotatable bonds is 7. The first-order valence-corrected chi connectivity index (χ1v) is 6.86. The lowest BCUT2D eigenvalue weighted by atomic mass is 9.99. The zero-order chi connectivity index (χ0) is 13.4. The second-order valence-electron chi connectivity index (χ2n) is 4.77. The van der Waals surface area contributed by atoms with E-state index in [0.29, 0.717) is 6.42 Å². The van der Waals surface area contributed by atoms with Gasteiger partial charge < -0.3 is 4.90 Å². The molecule has 18 heavy (non-hydrogen) atoms. The molecule has 0 aliphatic carbocycles. The van der Waals surface area contributed by atoms with Gasteiger partial charge >= 0.3 is 0 Å². The van der Waals surface area contributed by atoms with Crippen LogP contribution in [0.2, 0.25) is 0 Å². The summed E-state index contributed by atoms with van der Waals surface area (Å²) in [4.78, 5) is 18.3. The van der Waals surface area contributed by atoms with E-state index >= 15 is 0 Å². The van der Waals surface area contributed by atoms with Crippen molar-refractivity contribution in [2.75, 3.05) is 13.1 Å². The second kappa shape index (κ2) is 7.85. The van der Waals surface area contributed by atoms with Crippen LogP contribution in [0, 0.1) is 0 Å². The van der Waals surface area contributed by atoms with Gasteiger partial charge in [0, 0.05) is 31.9 Å². The molecule has 3 nitrogen and oxygen atoms in total. The Kier molecular flexibility index (Phi) is 6.40. The van der Waals surface area contributed by atoms with Gasteiger partial charge in [-0.25, -0.2) is 0 Å². The predicted octanol–water partition coefficient (Wildman–Crippen LogP) is 3.22. The molecule has 0 bridgehead atoms. The number of amides is 1. The third-order valence-corrected chi connectivity index (χ3v) is 3.07. The van der Waals surface area contributed by atoms with Gasteiger partial charge in [-0.2, -0.15) is 0 Å². The summed E-state index contributed by atoms with van der Waals surface area (Å²) in [5, 5.41) is 0. The molecule has 1 rings (SSSR count). The lowest BCUT2D eigenvalue weighted by molar-refractivity contribution is -0.131. The second-order valence-corrected chi connectivity index (χ2v) is 4.77.